The van der Waals surface area contributed by atoms with Crippen molar-refractivity contribution >= 4 is 5.97 Å². The molecule has 0 saturated heterocycles. The zero-order valence-corrected chi connectivity index (χ0v) is 15.1. The number of aliphatic hydroxyl groups is 1. The molecule has 0 aromatic heterocycles. The Kier molecular flexibility index (Phi) is 3.85. The largest absolute Gasteiger partial charge is 0.433 e. The van der Waals surface area contributed by atoms with Crippen LogP contribution < -0.4 is 0 Å². The van der Waals surface area contributed by atoms with E-state index in [4.69, 9.17) is 9.47 Å². The average Bonchev–Trinajstić information content (AvgIpc) is 2.80. The van der Waals surface area contributed by atoms with E-state index in [0.717, 1.165) is 19.3 Å². The van der Waals surface area contributed by atoms with Crippen LogP contribution in [0, 0.1) is 28.6 Å². The number of hydrogen-bond acceptors (Lipinski definition) is 4. The Morgan fingerprint density at radius 1 is 1.21 bits per heavy atom. The predicted molar refractivity (Wildman–Crippen MR) is 90.0 cm³/mol. The van der Waals surface area contributed by atoms with Gasteiger partial charge in [-0.15, -0.1) is 0 Å². The van der Waals surface area contributed by atoms with E-state index < -0.39 is 6.29 Å². The van der Waals surface area contributed by atoms with Gasteiger partial charge in [0, 0.05) is 19.6 Å². The molecule has 0 bridgehead atoms. The first-order valence-electron chi connectivity index (χ1n) is 9.51. The highest BCUT2D eigenvalue weighted by Gasteiger charge is 2.59. The Morgan fingerprint density at radius 2 is 2.00 bits per heavy atom. The summed E-state index contributed by atoms with van der Waals surface area (Å²) in [7, 11) is 1.86. The van der Waals surface area contributed by atoms with Crippen LogP contribution in [0.2, 0.25) is 0 Å². The third kappa shape index (κ3) is 2.22. The number of hydrogen-bond donors (Lipinski definition) is 1. The minimum Gasteiger partial charge on any atom is -0.433 e. The van der Waals surface area contributed by atoms with Gasteiger partial charge in [-0.05, 0) is 67.1 Å². The predicted octanol–water partition coefficient (Wildman–Crippen LogP) is 3.44. The fraction of sp³-hybridized carbons (Fsp3) is 0.850. The van der Waals surface area contributed by atoms with E-state index in [2.05, 4.69) is 13.8 Å². The molecule has 3 saturated carbocycles. The maximum Gasteiger partial charge on any atom is 0.333 e. The van der Waals surface area contributed by atoms with Gasteiger partial charge in [0.05, 0.1) is 6.10 Å². The smallest absolute Gasteiger partial charge is 0.333 e. The SMILES string of the molecule is CO[C@H]1CC[C@H]2[C@@H]3CCC4=CC(=O)O[C@H](O)C[C@]4(C)[C@H]3CC[C@]12C. The standard InChI is InChI=1S/C20H30O4/c1-19-9-8-15-13(14(19)6-7-16(19)23-3)5-4-12-10-17(21)24-18(22)11-20(12,15)2/h10,13-16,18,22H,4-9,11H2,1-3H3/t13-,14-,15-,16-,18-,19-,20-/m0/s1. The van der Waals surface area contributed by atoms with E-state index in [1.54, 1.807) is 6.08 Å². The van der Waals surface area contributed by atoms with Gasteiger partial charge in [0.2, 0.25) is 6.29 Å². The lowest BCUT2D eigenvalue weighted by molar-refractivity contribution is -0.167. The summed E-state index contributed by atoms with van der Waals surface area (Å²) in [6.07, 6.45) is 8.52. The molecule has 4 rings (SSSR count). The van der Waals surface area contributed by atoms with E-state index in [-0.39, 0.29) is 11.4 Å². The molecular formula is C20H30O4. The normalized spacial score (nSPS) is 50.9. The van der Waals surface area contributed by atoms with Crippen molar-refractivity contribution in [2.45, 2.75) is 71.2 Å². The Balaban J connectivity index is 1.68. The van der Waals surface area contributed by atoms with E-state index in [1.165, 1.54) is 24.8 Å². The number of cyclic esters (lactones) is 1. The molecule has 4 aliphatic rings. The number of fused-ring (bicyclic) bond motifs is 5. The second-order valence-corrected chi connectivity index (χ2v) is 8.94. The molecule has 4 nitrogen and oxygen atoms in total. The first-order valence-corrected chi connectivity index (χ1v) is 9.51. The molecule has 24 heavy (non-hydrogen) atoms. The third-order valence-electron chi connectivity index (χ3n) is 8.08. The first-order chi connectivity index (χ1) is 11.4. The molecule has 3 aliphatic carbocycles. The van der Waals surface area contributed by atoms with Crippen LogP contribution in [0.1, 0.15) is 58.8 Å². The van der Waals surface area contributed by atoms with Gasteiger partial charge in [-0.25, -0.2) is 4.79 Å². The average molecular weight is 334 g/mol. The summed E-state index contributed by atoms with van der Waals surface area (Å²) < 4.78 is 10.9. The van der Waals surface area contributed by atoms with Crippen molar-refractivity contribution in [2.24, 2.45) is 28.6 Å². The highest BCUT2D eigenvalue weighted by molar-refractivity contribution is 5.83. The van der Waals surface area contributed by atoms with Crippen LogP contribution in [-0.4, -0.2) is 30.6 Å². The van der Waals surface area contributed by atoms with Crippen molar-refractivity contribution in [2.75, 3.05) is 7.11 Å². The van der Waals surface area contributed by atoms with Gasteiger partial charge in [0.1, 0.15) is 0 Å². The van der Waals surface area contributed by atoms with Gasteiger partial charge in [-0.2, -0.15) is 0 Å². The molecule has 7 atom stereocenters. The Hall–Kier alpha value is -0.870. The van der Waals surface area contributed by atoms with Crippen molar-refractivity contribution in [3.8, 4) is 0 Å². The van der Waals surface area contributed by atoms with Crippen LogP contribution >= 0.6 is 0 Å². The molecule has 1 N–H and O–H groups in total. The van der Waals surface area contributed by atoms with Gasteiger partial charge in [0.15, 0.2) is 0 Å². The summed E-state index contributed by atoms with van der Waals surface area (Å²) in [6, 6.07) is 0. The molecule has 1 heterocycles. The molecule has 0 aromatic rings. The highest BCUT2D eigenvalue weighted by Crippen LogP contribution is 2.65. The number of rotatable bonds is 1. The summed E-state index contributed by atoms with van der Waals surface area (Å²) in [5.41, 5.74) is 1.39. The van der Waals surface area contributed by atoms with E-state index in [0.29, 0.717) is 35.7 Å². The fourth-order valence-electron chi connectivity index (χ4n) is 6.90. The zero-order chi connectivity index (χ0) is 17.1. The Labute approximate surface area is 144 Å². The maximum atomic E-state index is 11.9. The van der Waals surface area contributed by atoms with Crippen LogP contribution in [0.25, 0.3) is 0 Å². The van der Waals surface area contributed by atoms with Crippen molar-refractivity contribution in [1.29, 1.82) is 0 Å². The minimum atomic E-state index is -0.974. The summed E-state index contributed by atoms with van der Waals surface area (Å²) in [5, 5.41) is 10.2. The van der Waals surface area contributed by atoms with Crippen molar-refractivity contribution < 1.29 is 19.4 Å². The van der Waals surface area contributed by atoms with Gasteiger partial charge < -0.3 is 14.6 Å². The van der Waals surface area contributed by atoms with Crippen molar-refractivity contribution in [1.82, 2.24) is 0 Å². The minimum absolute atomic E-state index is 0.110. The number of ether oxygens (including phenoxy) is 2. The molecule has 0 unspecified atom stereocenters. The van der Waals surface area contributed by atoms with Gasteiger partial charge in [-0.3, -0.25) is 0 Å². The number of carbonyl (C=O) groups is 1. The number of aliphatic hydroxyl groups excluding tert-OH is 1. The number of methoxy groups -OCH3 is 1. The zero-order valence-electron chi connectivity index (χ0n) is 15.1. The van der Waals surface area contributed by atoms with Crippen LogP contribution in [0.5, 0.6) is 0 Å². The first kappa shape index (κ1) is 16.6. The van der Waals surface area contributed by atoms with Crippen molar-refractivity contribution in [3.05, 3.63) is 11.6 Å². The molecule has 134 valence electrons. The van der Waals surface area contributed by atoms with Gasteiger partial charge in [0.25, 0.3) is 0 Å². The highest BCUT2D eigenvalue weighted by atomic mass is 16.6. The molecule has 0 aromatic carbocycles. The molecule has 0 spiro atoms. The Morgan fingerprint density at radius 3 is 2.75 bits per heavy atom. The van der Waals surface area contributed by atoms with Gasteiger partial charge >= 0.3 is 5.97 Å². The molecule has 0 radical (unpaired) electrons. The third-order valence-corrected chi connectivity index (χ3v) is 8.08. The van der Waals surface area contributed by atoms with E-state index in [1.807, 2.05) is 7.11 Å². The van der Waals surface area contributed by atoms with Crippen LogP contribution in [0.3, 0.4) is 0 Å². The van der Waals surface area contributed by atoms with Gasteiger partial charge in [-0.1, -0.05) is 19.4 Å². The summed E-state index contributed by atoms with van der Waals surface area (Å²) in [5.74, 6) is 1.54. The number of carbonyl (C=O) groups excluding carboxylic acids is 1. The number of allylic oxidation sites excluding steroid dienone is 1. The van der Waals surface area contributed by atoms with Crippen LogP contribution in [-0.2, 0) is 14.3 Å². The summed E-state index contributed by atoms with van der Waals surface area (Å²) in [4.78, 5) is 11.9. The monoisotopic (exact) mass is 334 g/mol. The second-order valence-electron chi connectivity index (χ2n) is 8.94. The number of esters is 1. The molecule has 0 amide bonds. The summed E-state index contributed by atoms with van der Waals surface area (Å²) >= 11 is 0. The quantitative estimate of drug-likeness (QED) is 0.746. The topological polar surface area (TPSA) is 55.8 Å². The lowest BCUT2D eigenvalue weighted by atomic mass is 9.48. The van der Waals surface area contributed by atoms with Crippen LogP contribution in [0.15, 0.2) is 11.6 Å². The Bertz CT molecular complexity index is 570. The fourth-order valence-corrected chi connectivity index (χ4v) is 6.90. The lowest BCUT2D eigenvalue weighted by Crippen LogP contribution is -2.51. The second kappa shape index (κ2) is 5.57. The van der Waals surface area contributed by atoms with E-state index >= 15 is 0 Å². The van der Waals surface area contributed by atoms with Crippen LogP contribution in [0.4, 0.5) is 0 Å². The lowest BCUT2D eigenvalue weighted by Gasteiger charge is -2.57. The summed E-state index contributed by atoms with van der Waals surface area (Å²) in [6.45, 7) is 4.68. The molecular weight excluding hydrogens is 304 g/mol. The molecule has 4 heteroatoms. The maximum absolute atomic E-state index is 11.9. The molecule has 1 aliphatic heterocycles. The molecule has 3 fully saturated rings. The van der Waals surface area contributed by atoms with E-state index in [9.17, 15) is 9.90 Å². The van der Waals surface area contributed by atoms with Crippen molar-refractivity contribution in [3.63, 3.8) is 0 Å².